The van der Waals surface area contributed by atoms with Gasteiger partial charge in [0.15, 0.2) is 5.96 Å². The number of aliphatic imine (C=N–C) groups is 1. The summed E-state index contributed by atoms with van der Waals surface area (Å²) >= 11 is 5.78. The molecule has 116 valence electrons. The number of nitrogens with one attached hydrogen (secondary N) is 1. The van der Waals surface area contributed by atoms with Crippen molar-refractivity contribution < 1.29 is 0 Å². The van der Waals surface area contributed by atoms with Crippen LogP contribution in [0.5, 0.6) is 0 Å². The van der Waals surface area contributed by atoms with Gasteiger partial charge in [-0.1, -0.05) is 48.0 Å². The van der Waals surface area contributed by atoms with Crippen LogP contribution in [0.2, 0.25) is 5.15 Å². The summed E-state index contributed by atoms with van der Waals surface area (Å²) in [6, 6.07) is 14.0. The fraction of sp³-hybridized carbons (Fsp3) is 0.294. The van der Waals surface area contributed by atoms with Crippen molar-refractivity contribution in [1.82, 2.24) is 15.2 Å². The molecule has 2 rings (SSSR count). The van der Waals surface area contributed by atoms with E-state index in [0.29, 0.717) is 11.7 Å². The van der Waals surface area contributed by atoms with Gasteiger partial charge >= 0.3 is 0 Å². The van der Waals surface area contributed by atoms with E-state index in [4.69, 9.17) is 11.6 Å². The van der Waals surface area contributed by atoms with Crippen LogP contribution in [-0.2, 0) is 13.0 Å². The van der Waals surface area contributed by atoms with Crippen LogP contribution in [0.15, 0.2) is 53.7 Å². The summed E-state index contributed by atoms with van der Waals surface area (Å²) in [5, 5.41) is 3.89. The SMILES string of the molecule is CN(C)C(=NCc1ccccc1)NCCc1ccc(Cl)nc1. The topological polar surface area (TPSA) is 40.5 Å². The van der Waals surface area contributed by atoms with Gasteiger partial charge in [-0.15, -0.1) is 0 Å². The highest BCUT2D eigenvalue weighted by atomic mass is 35.5. The second-order valence-corrected chi connectivity index (χ2v) is 5.57. The van der Waals surface area contributed by atoms with Crippen molar-refractivity contribution >= 4 is 17.6 Å². The van der Waals surface area contributed by atoms with Crippen molar-refractivity contribution in [2.24, 2.45) is 4.99 Å². The lowest BCUT2D eigenvalue weighted by molar-refractivity contribution is 0.579. The summed E-state index contributed by atoms with van der Waals surface area (Å²) in [5.41, 5.74) is 2.35. The summed E-state index contributed by atoms with van der Waals surface area (Å²) in [5.74, 6) is 0.880. The summed E-state index contributed by atoms with van der Waals surface area (Å²) in [6.45, 7) is 1.47. The molecule has 0 bridgehead atoms. The molecule has 1 aromatic carbocycles. The van der Waals surface area contributed by atoms with Crippen LogP contribution >= 0.6 is 11.6 Å². The highest BCUT2D eigenvalue weighted by Crippen LogP contribution is 2.05. The molecule has 0 saturated carbocycles. The van der Waals surface area contributed by atoms with Gasteiger partial charge in [0.2, 0.25) is 0 Å². The van der Waals surface area contributed by atoms with Gasteiger partial charge in [-0.2, -0.15) is 0 Å². The first-order valence-corrected chi connectivity index (χ1v) is 7.63. The van der Waals surface area contributed by atoms with Crippen LogP contribution in [-0.4, -0.2) is 36.5 Å². The standard InChI is InChI=1S/C17H21ClN4/c1-22(2)17(21-13-14-6-4-3-5-7-14)19-11-10-15-8-9-16(18)20-12-15/h3-9,12H,10-11,13H2,1-2H3,(H,19,21). The molecule has 0 fully saturated rings. The fourth-order valence-corrected chi connectivity index (χ4v) is 2.09. The number of benzene rings is 1. The Balaban J connectivity index is 1.87. The van der Waals surface area contributed by atoms with Gasteiger partial charge < -0.3 is 10.2 Å². The number of guanidine groups is 1. The molecule has 4 nitrogen and oxygen atoms in total. The molecule has 0 amide bonds. The Morgan fingerprint density at radius 2 is 1.91 bits per heavy atom. The Morgan fingerprint density at radius 3 is 2.55 bits per heavy atom. The summed E-state index contributed by atoms with van der Waals surface area (Å²) in [6.07, 6.45) is 2.68. The van der Waals surface area contributed by atoms with Gasteiger partial charge in [0.05, 0.1) is 6.54 Å². The first kappa shape index (κ1) is 16.3. The summed E-state index contributed by atoms with van der Waals surface area (Å²) in [4.78, 5) is 10.7. The first-order chi connectivity index (χ1) is 10.6. The number of rotatable bonds is 5. The number of pyridine rings is 1. The number of nitrogens with zero attached hydrogens (tertiary/aromatic N) is 3. The molecule has 22 heavy (non-hydrogen) atoms. The van der Waals surface area contributed by atoms with E-state index < -0.39 is 0 Å². The largest absolute Gasteiger partial charge is 0.356 e. The molecule has 0 spiro atoms. The van der Waals surface area contributed by atoms with E-state index in [0.717, 1.165) is 24.5 Å². The van der Waals surface area contributed by atoms with E-state index in [2.05, 4.69) is 27.4 Å². The van der Waals surface area contributed by atoms with Gasteiger partial charge in [0, 0.05) is 26.8 Å². The van der Waals surface area contributed by atoms with Crippen molar-refractivity contribution in [3.63, 3.8) is 0 Å². The molecule has 1 heterocycles. The lowest BCUT2D eigenvalue weighted by Crippen LogP contribution is -2.37. The van der Waals surface area contributed by atoms with Gasteiger partial charge in [-0.3, -0.25) is 0 Å². The normalized spacial score (nSPS) is 11.3. The van der Waals surface area contributed by atoms with Crippen molar-refractivity contribution in [1.29, 1.82) is 0 Å². The number of hydrogen-bond acceptors (Lipinski definition) is 2. The Morgan fingerprint density at radius 1 is 1.14 bits per heavy atom. The molecule has 1 aromatic heterocycles. The second kappa shape index (κ2) is 8.39. The average Bonchev–Trinajstić information content (AvgIpc) is 2.53. The Labute approximate surface area is 136 Å². The lowest BCUT2D eigenvalue weighted by Gasteiger charge is -2.17. The van der Waals surface area contributed by atoms with Crippen molar-refractivity contribution in [3.05, 3.63) is 64.9 Å². The third-order valence-electron chi connectivity index (χ3n) is 3.16. The zero-order chi connectivity index (χ0) is 15.8. The predicted molar refractivity (Wildman–Crippen MR) is 92.2 cm³/mol. The van der Waals surface area contributed by atoms with Crippen LogP contribution < -0.4 is 5.32 Å². The van der Waals surface area contributed by atoms with Crippen LogP contribution in [0.3, 0.4) is 0 Å². The van der Waals surface area contributed by atoms with E-state index in [1.807, 2.05) is 49.3 Å². The molecule has 0 aliphatic carbocycles. The van der Waals surface area contributed by atoms with Crippen LogP contribution in [0.25, 0.3) is 0 Å². The van der Waals surface area contributed by atoms with Crippen molar-refractivity contribution in [2.75, 3.05) is 20.6 Å². The maximum atomic E-state index is 5.78. The smallest absolute Gasteiger partial charge is 0.193 e. The Bertz CT molecular complexity index is 594. The summed E-state index contributed by atoms with van der Waals surface area (Å²) in [7, 11) is 3.97. The van der Waals surface area contributed by atoms with E-state index >= 15 is 0 Å². The van der Waals surface area contributed by atoms with E-state index in [1.165, 1.54) is 5.56 Å². The molecule has 0 saturated heterocycles. The van der Waals surface area contributed by atoms with Crippen molar-refractivity contribution in [3.8, 4) is 0 Å². The average molecular weight is 317 g/mol. The quantitative estimate of drug-likeness (QED) is 0.524. The maximum Gasteiger partial charge on any atom is 0.193 e. The molecule has 0 radical (unpaired) electrons. The lowest BCUT2D eigenvalue weighted by atomic mass is 10.2. The van der Waals surface area contributed by atoms with Crippen LogP contribution in [0.1, 0.15) is 11.1 Å². The molecular formula is C17H21ClN4. The molecular weight excluding hydrogens is 296 g/mol. The minimum atomic E-state index is 0.523. The van der Waals surface area contributed by atoms with Gasteiger partial charge in [-0.25, -0.2) is 9.98 Å². The minimum absolute atomic E-state index is 0.523. The molecule has 0 aliphatic rings. The predicted octanol–water partition coefficient (Wildman–Crippen LogP) is 2.98. The highest BCUT2D eigenvalue weighted by molar-refractivity contribution is 6.29. The fourth-order valence-electron chi connectivity index (χ4n) is 1.98. The monoisotopic (exact) mass is 316 g/mol. The van der Waals surface area contributed by atoms with Crippen molar-refractivity contribution in [2.45, 2.75) is 13.0 Å². The third kappa shape index (κ3) is 5.37. The molecule has 0 unspecified atom stereocenters. The Kier molecular flexibility index (Phi) is 6.22. The first-order valence-electron chi connectivity index (χ1n) is 7.25. The molecule has 0 atom stereocenters. The third-order valence-corrected chi connectivity index (χ3v) is 3.39. The second-order valence-electron chi connectivity index (χ2n) is 5.19. The molecule has 1 N–H and O–H groups in total. The van der Waals surface area contributed by atoms with Crippen LogP contribution in [0, 0.1) is 0 Å². The molecule has 2 aromatic rings. The zero-order valence-corrected chi connectivity index (χ0v) is 13.7. The Hall–Kier alpha value is -2.07. The van der Waals surface area contributed by atoms with Gasteiger partial charge in [0.1, 0.15) is 5.15 Å². The van der Waals surface area contributed by atoms with Crippen LogP contribution in [0.4, 0.5) is 0 Å². The molecule has 0 aliphatic heterocycles. The van der Waals surface area contributed by atoms with E-state index in [-0.39, 0.29) is 0 Å². The van der Waals surface area contributed by atoms with E-state index in [1.54, 1.807) is 6.20 Å². The van der Waals surface area contributed by atoms with Gasteiger partial charge in [0.25, 0.3) is 0 Å². The number of hydrogen-bond donors (Lipinski definition) is 1. The zero-order valence-electron chi connectivity index (χ0n) is 13.0. The minimum Gasteiger partial charge on any atom is -0.356 e. The number of aromatic nitrogens is 1. The highest BCUT2D eigenvalue weighted by Gasteiger charge is 2.02. The van der Waals surface area contributed by atoms with Gasteiger partial charge in [-0.05, 0) is 23.6 Å². The molecule has 5 heteroatoms. The number of halogens is 1. The summed E-state index contributed by atoms with van der Waals surface area (Å²) < 4.78 is 0. The van der Waals surface area contributed by atoms with E-state index in [9.17, 15) is 0 Å². The maximum absolute atomic E-state index is 5.78.